The van der Waals surface area contributed by atoms with Crippen molar-refractivity contribution >= 4 is 17.5 Å². The van der Waals surface area contributed by atoms with Crippen LogP contribution in [0, 0.1) is 0 Å². The Morgan fingerprint density at radius 2 is 2.09 bits per heavy atom. The smallest absolute Gasteiger partial charge is 0.293 e. The molecule has 1 aliphatic rings. The Bertz CT molecular complexity index is 814. The lowest BCUT2D eigenvalue weighted by Crippen LogP contribution is -2.38. The lowest BCUT2D eigenvalue weighted by molar-refractivity contribution is 0.0722. The second-order valence-electron chi connectivity index (χ2n) is 5.40. The minimum absolute atomic E-state index is 0.122. The molecule has 0 spiro atoms. The molecule has 0 bridgehead atoms. The molecule has 1 aliphatic heterocycles. The van der Waals surface area contributed by atoms with Crippen molar-refractivity contribution in [1.29, 1.82) is 0 Å². The fourth-order valence-corrected chi connectivity index (χ4v) is 2.95. The van der Waals surface area contributed by atoms with Crippen molar-refractivity contribution in [2.75, 3.05) is 6.54 Å². The normalized spacial score (nSPS) is 14.1. The highest BCUT2D eigenvalue weighted by Crippen LogP contribution is 2.25. The summed E-state index contributed by atoms with van der Waals surface area (Å²) in [6, 6.07) is 7.29. The second-order valence-corrected chi connectivity index (χ2v) is 5.84. The van der Waals surface area contributed by atoms with E-state index in [0.717, 1.165) is 5.56 Å². The number of carbonyl (C=O) groups is 1. The van der Waals surface area contributed by atoms with Gasteiger partial charge in [-0.1, -0.05) is 23.7 Å². The van der Waals surface area contributed by atoms with Gasteiger partial charge in [-0.15, -0.1) is 0 Å². The fourth-order valence-electron chi connectivity index (χ4n) is 2.73. The third kappa shape index (κ3) is 2.48. The molecule has 1 N–H and O–H groups in total. The van der Waals surface area contributed by atoms with Crippen LogP contribution in [-0.2, 0) is 20.0 Å². The molecule has 5 nitrogen and oxygen atoms in total. The zero-order chi connectivity index (χ0) is 15.9. The highest BCUT2D eigenvalue weighted by Gasteiger charge is 2.29. The van der Waals surface area contributed by atoms with Crippen molar-refractivity contribution in [3.63, 3.8) is 0 Å². The predicted molar refractivity (Wildman–Crippen MR) is 83.2 cm³/mol. The van der Waals surface area contributed by atoms with Gasteiger partial charge in [0.25, 0.3) is 11.5 Å². The van der Waals surface area contributed by atoms with E-state index in [1.165, 1.54) is 4.57 Å². The highest BCUT2D eigenvalue weighted by molar-refractivity contribution is 6.30. The van der Waals surface area contributed by atoms with Crippen LogP contribution in [0.25, 0.3) is 0 Å². The molecule has 1 aromatic heterocycles. The average Bonchev–Trinajstić information content (AvgIpc) is 2.48. The van der Waals surface area contributed by atoms with E-state index in [2.05, 4.69) is 0 Å². The van der Waals surface area contributed by atoms with Gasteiger partial charge in [0.05, 0.1) is 5.56 Å². The summed E-state index contributed by atoms with van der Waals surface area (Å²) in [5, 5.41) is 10.6. The number of pyridine rings is 1. The van der Waals surface area contributed by atoms with Crippen LogP contribution in [0.15, 0.2) is 35.3 Å². The maximum absolute atomic E-state index is 12.6. The Balaban J connectivity index is 1.95. The summed E-state index contributed by atoms with van der Waals surface area (Å²) in [6.45, 7) is 0.934. The molecule has 0 atom stereocenters. The van der Waals surface area contributed by atoms with Crippen LogP contribution < -0.4 is 5.56 Å². The molecular formula is C16H15ClN2O3. The number of amides is 1. The predicted octanol–water partition coefficient (Wildman–Crippen LogP) is 1.94. The molecule has 0 aliphatic carbocycles. The standard InChI is InChI=1S/C16H15ClN2O3/c1-18-9-11-5-6-19(8-10-3-2-4-12(17)7-10)15(21)13(11)14(20)16(18)22/h2-4,7,9,20H,5-6,8H2,1H3. The summed E-state index contributed by atoms with van der Waals surface area (Å²) in [5.74, 6) is -0.794. The Kier molecular flexibility index (Phi) is 3.66. The molecule has 1 amide bonds. The van der Waals surface area contributed by atoms with Gasteiger partial charge in [-0.25, -0.2) is 0 Å². The molecule has 0 unspecified atom stereocenters. The van der Waals surface area contributed by atoms with Crippen LogP contribution in [0.5, 0.6) is 5.75 Å². The Morgan fingerprint density at radius 3 is 2.82 bits per heavy atom. The van der Waals surface area contributed by atoms with Gasteiger partial charge in [-0.05, 0) is 29.7 Å². The topological polar surface area (TPSA) is 62.5 Å². The lowest BCUT2D eigenvalue weighted by Gasteiger charge is -2.29. The van der Waals surface area contributed by atoms with Gasteiger partial charge in [-0.3, -0.25) is 9.59 Å². The summed E-state index contributed by atoms with van der Waals surface area (Å²) in [6.07, 6.45) is 2.22. The van der Waals surface area contributed by atoms with E-state index in [1.54, 1.807) is 30.3 Å². The van der Waals surface area contributed by atoms with E-state index in [-0.39, 0.29) is 11.5 Å². The highest BCUT2D eigenvalue weighted by atomic mass is 35.5. The number of fused-ring (bicyclic) bond motifs is 1. The largest absolute Gasteiger partial charge is 0.502 e. The van der Waals surface area contributed by atoms with Gasteiger partial charge in [-0.2, -0.15) is 0 Å². The van der Waals surface area contributed by atoms with Crippen molar-refractivity contribution in [1.82, 2.24) is 9.47 Å². The molecule has 0 saturated heterocycles. The second kappa shape index (κ2) is 5.50. The Labute approximate surface area is 132 Å². The maximum Gasteiger partial charge on any atom is 0.293 e. The number of aromatic hydroxyl groups is 1. The number of aromatic nitrogens is 1. The molecule has 3 rings (SSSR count). The summed E-state index contributed by atoms with van der Waals surface area (Å²) in [7, 11) is 1.56. The van der Waals surface area contributed by atoms with E-state index in [4.69, 9.17) is 11.6 Å². The van der Waals surface area contributed by atoms with Crippen molar-refractivity contribution < 1.29 is 9.90 Å². The molecule has 6 heteroatoms. The summed E-state index contributed by atoms with van der Waals surface area (Å²) >= 11 is 5.96. The number of halogens is 1. The molecule has 0 fully saturated rings. The van der Waals surface area contributed by atoms with Crippen molar-refractivity contribution in [2.24, 2.45) is 7.05 Å². The average molecular weight is 319 g/mol. The molecule has 2 heterocycles. The number of carbonyl (C=O) groups excluding carboxylic acids is 1. The molecule has 0 radical (unpaired) electrons. The minimum Gasteiger partial charge on any atom is -0.502 e. The zero-order valence-corrected chi connectivity index (χ0v) is 12.8. The number of hydrogen-bond donors (Lipinski definition) is 1. The first kappa shape index (κ1) is 14.7. The van der Waals surface area contributed by atoms with E-state index in [9.17, 15) is 14.7 Å². The first-order valence-electron chi connectivity index (χ1n) is 6.92. The summed E-state index contributed by atoms with van der Waals surface area (Å²) < 4.78 is 1.30. The van der Waals surface area contributed by atoms with Gasteiger partial charge >= 0.3 is 0 Å². The van der Waals surface area contributed by atoms with Crippen molar-refractivity contribution in [2.45, 2.75) is 13.0 Å². The first-order chi connectivity index (χ1) is 10.5. The summed E-state index contributed by atoms with van der Waals surface area (Å²) in [4.78, 5) is 26.0. The fraction of sp³-hybridized carbons (Fsp3) is 0.250. The van der Waals surface area contributed by atoms with E-state index in [0.29, 0.717) is 30.1 Å². The van der Waals surface area contributed by atoms with Crippen LogP contribution in [0.4, 0.5) is 0 Å². The van der Waals surface area contributed by atoms with Crippen molar-refractivity contribution in [3.05, 3.63) is 62.5 Å². The summed E-state index contributed by atoms with van der Waals surface area (Å²) in [5.41, 5.74) is 1.17. The van der Waals surface area contributed by atoms with Crippen molar-refractivity contribution in [3.8, 4) is 5.75 Å². The van der Waals surface area contributed by atoms with Crippen LogP contribution in [0.1, 0.15) is 21.5 Å². The Morgan fingerprint density at radius 1 is 1.32 bits per heavy atom. The number of nitrogens with zero attached hydrogens (tertiary/aromatic N) is 2. The van der Waals surface area contributed by atoms with E-state index in [1.807, 2.05) is 12.1 Å². The number of hydrogen-bond acceptors (Lipinski definition) is 3. The van der Waals surface area contributed by atoms with Gasteiger partial charge in [0.2, 0.25) is 0 Å². The number of aryl methyl sites for hydroxylation is 1. The molecule has 22 heavy (non-hydrogen) atoms. The number of rotatable bonds is 2. The minimum atomic E-state index is -0.559. The van der Waals surface area contributed by atoms with E-state index < -0.39 is 11.3 Å². The molecule has 2 aromatic rings. The third-order valence-corrected chi connectivity index (χ3v) is 4.08. The van der Waals surface area contributed by atoms with E-state index >= 15 is 0 Å². The molecule has 114 valence electrons. The van der Waals surface area contributed by atoms with Gasteiger partial charge < -0.3 is 14.6 Å². The zero-order valence-electron chi connectivity index (χ0n) is 12.0. The lowest BCUT2D eigenvalue weighted by atomic mass is 9.99. The SMILES string of the molecule is Cn1cc2c(c(O)c1=O)C(=O)N(Cc1cccc(Cl)c1)CC2. The molecule has 0 saturated carbocycles. The van der Waals surface area contributed by atoms with Gasteiger partial charge in [0.15, 0.2) is 5.75 Å². The first-order valence-corrected chi connectivity index (χ1v) is 7.30. The van der Waals surface area contributed by atoms with Gasteiger partial charge in [0.1, 0.15) is 0 Å². The van der Waals surface area contributed by atoms with Crippen LogP contribution in [-0.4, -0.2) is 27.0 Å². The van der Waals surface area contributed by atoms with Crippen LogP contribution >= 0.6 is 11.6 Å². The maximum atomic E-state index is 12.6. The van der Waals surface area contributed by atoms with Crippen LogP contribution in [0.2, 0.25) is 5.02 Å². The number of benzene rings is 1. The quantitative estimate of drug-likeness (QED) is 0.920. The molecular weight excluding hydrogens is 304 g/mol. The van der Waals surface area contributed by atoms with Gasteiger partial charge in [0, 0.05) is 31.4 Å². The third-order valence-electron chi connectivity index (χ3n) is 3.84. The molecule has 1 aromatic carbocycles. The Hall–Kier alpha value is -2.27. The van der Waals surface area contributed by atoms with Crippen LogP contribution in [0.3, 0.4) is 0 Å². The monoisotopic (exact) mass is 318 g/mol.